The number of hydrogen-bond acceptors (Lipinski definition) is 5. The highest BCUT2D eigenvalue weighted by atomic mass is 35.5. The number of allylic oxidation sites excluding steroid dienone is 2. The molecule has 0 spiro atoms. The molecule has 8 heteroatoms. The summed E-state index contributed by atoms with van der Waals surface area (Å²) in [4.78, 5) is 54.1. The van der Waals surface area contributed by atoms with Crippen molar-refractivity contribution in [1.29, 1.82) is 0 Å². The number of carbonyl (C=O) groups is 4. The van der Waals surface area contributed by atoms with Gasteiger partial charge in [-0.15, -0.1) is 0 Å². The second-order valence-corrected chi connectivity index (χ2v) is 9.73. The SMILES string of the molecule is Cc1cc(OC(=O)[C@@H]2CC(=O)N(c3cccc(Cl)c3C)C2)ccc1N1C(=O)[C@@H]2CC=CC[C@H]2C1=O. The zero-order valence-corrected chi connectivity index (χ0v) is 20.2. The number of carbonyl (C=O) groups excluding carboxylic acids is 4. The Morgan fingerprint density at radius 3 is 2.31 bits per heavy atom. The van der Waals surface area contributed by atoms with Crippen molar-refractivity contribution in [3.05, 3.63) is 64.7 Å². The molecule has 0 N–H and O–H groups in total. The third-order valence-corrected chi connectivity index (χ3v) is 7.53. The van der Waals surface area contributed by atoms with Gasteiger partial charge in [-0.05, 0) is 68.1 Å². The lowest BCUT2D eigenvalue weighted by Crippen LogP contribution is -2.31. The van der Waals surface area contributed by atoms with Crippen LogP contribution in [0.4, 0.5) is 11.4 Å². The van der Waals surface area contributed by atoms with Crippen LogP contribution in [0.3, 0.4) is 0 Å². The van der Waals surface area contributed by atoms with Gasteiger partial charge in [0.25, 0.3) is 0 Å². The number of benzene rings is 2. The van der Waals surface area contributed by atoms with Crippen molar-refractivity contribution in [2.75, 3.05) is 16.3 Å². The predicted molar refractivity (Wildman–Crippen MR) is 131 cm³/mol. The number of hydrogen-bond donors (Lipinski definition) is 0. The number of fused-ring (bicyclic) bond motifs is 1. The van der Waals surface area contributed by atoms with Crippen LogP contribution in [-0.2, 0) is 19.2 Å². The Bertz CT molecular complexity index is 1260. The molecule has 3 amide bonds. The summed E-state index contributed by atoms with van der Waals surface area (Å²) in [5.74, 6) is -1.96. The number of imide groups is 1. The molecule has 35 heavy (non-hydrogen) atoms. The largest absolute Gasteiger partial charge is 0.426 e. The Kier molecular flexibility index (Phi) is 5.97. The van der Waals surface area contributed by atoms with E-state index in [2.05, 4.69) is 0 Å². The van der Waals surface area contributed by atoms with E-state index in [-0.39, 0.29) is 42.5 Å². The highest BCUT2D eigenvalue weighted by Crippen LogP contribution is 2.39. The molecule has 0 bridgehead atoms. The number of nitrogens with zero attached hydrogens (tertiary/aromatic N) is 2. The van der Waals surface area contributed by atoms with Gasteiger partial charge in [0, 0.05) is 23.7 Å². The minimum absolute atomic E-state index is 0.0510. The predicted octanol–water partition coefficient (Wildman–Crippen LogP) is 4.37. The number of amides is 3. The quantitative estimate of drug-likeness (QED) is 0.274. The second kappa shape index (κ2) is 8.96. The monoisotopic (exact) mass is 492 g/mol. The fraction of sp³-hybridized carbons (Fsp3) is 0.333. The number of aryl methyl sites for hydroxylation is 1. The Labute approximate surface area is 208 Å². The van der Waals surface area contributed by atoms with Gasteiger partial charge in [0.05, 0.1) is 23.4 Å². The smallest absolute Gasteiger partial charge is 0.316 e. The summed E-state index contributed by atoms with van der Waals surface area (Å²) in [7, 11) is 0. The molecular formula is C27H25ClN2O5. The molecule has 0 radical (unpaired) electrons. The topological polar surface area (TPSA) is 84.0 Å². The highest BCUT2D eigenvalue weighted by Gasteiger charge is 2.48. The second-order valence-electron chi connectivity index (χ2n) is 9.33. The van der Waals surface area contributed by atoms with E-state index >= 15 is 0 Å². The van der Waals surface area contributed by atoms with Crippen LogP contribution in [0.25, 0.3) is 0 Å². The van der Waals surface area contributed by atoms with E-state index < -0.39 is 11.9 Å². The summed E-state index contributed by atoms with van der Waals surface area (Å²) in [6.07, 6.45) is 5.11. The van der Waals surface area contributed by atoms with Gasteiger partial charge in [-0.25, -0.2) is 4.90 Å². The molecule has 2 aromatic rings. The molecule has 0 aromatic heterocycles. The summed E-state index contributed by atoms with van der Waals surface area (Å²) in [5, 5.41) is 0.558. The lowest BCUT2D eigenvalue weighted by Gasteiger charge is -2.20. The summed E-state index contributed by atoms with van der Waals surface area (Å²) in [5.41, 5.74) is 2.63. The maximum Gasteiger partial charge on any atom is 0.316 e. The molecule has 2 aliphatic heterocycles. The molecule has 1 aliphatic carbocycles. The van der Waals surface area contributed by atoms with E-state index in [1.807, 2.05) is 25.1 Å². The number of halogens is 1. The molecule has 3 atom stereocenters. The van der Waals surface area contributed by atoms with Crippen molar-refractivity contribution >= 4 is 46.7 Å². The lowest BCUT2D eigenvalue weighted by molar-refractivity contribution is -0.139. The fourth-order valence-corrected chi connectivity index (χ4v) is 5.34. The average Bonchev–Trinajstić information content (AvgIpc) is 3.34. The first-order valence-electron chi connectivity index (χ1n) is 11.7. The first kappa shape index (κ1) is 23.3. The van der Waals surface area contributed by atoms with Crippen LogP contribution < -0.4 is 14.5 Å². The Hall–Kier alpha value is -3.45. The highest BCUT2D eigenvalue weighted by molar-refractivity contribution is 6.31. The Balaban J connectivity index is 1.29. The molecule has 2 fully saturated rings. The zero-order valence-electron chi connectivity index (χ0n) is 19.5. The van der Waals surface area contributed by atoms with Gasteiger partial charge in [0.2, 0.25) is 17.7 Å². The lowest BCUT2D eigenvalue weighted by atomic mass is 9.85. The summed E-state index contributed by atoms with van der Waals surface area (Å²) >= 11 is 6.20. The zero-order chi connectivity index (χ0) is 24.9. The summed E-state index contributed by atoms with van der Waals surface area (Å²) in [6.45, 7) is 3.82. The fourth-order valence-electron chi connectivity index (χ4n) is 5.17. The van der Waals surface area contributed by atoms with Crippen LogP contribution in [0.15, 0.2) is 48.6 Å². The van der Waals surface area contributed by atoms with E-state index in [1.54, 1.807) is 42.2 Å². The van der Waals surface area contributed by atoms with Gasteiger partial charge in [0.15, 0.2) is 0 Å². The van der Waals surface area contributed by atoms with Gasteiger partial charge in [-0.1, -0.05) is 29.8 Å². The molecule has 2 aromatic carbocycles. The maximum atomic E-state index is 12.9. The van der Waals surface area contributed by atoms with Gasteiger partial charge in [0.1, 0.15) is 5.75 Å². The van der Waals surface area contributed by atoms with Gasteiger partial charge in [-0.2, -0.15) is 0 Å². The van der Waals surface area contributed by atoms with Crippen molar-refractivity contribution in [3.63, 3.8) is 0 Å². The Morgan fingerprint density at radius 2 is 1.66 bits per heavy atom. The molecule has 180 valence electrons. The number of ether oxygens (including phenoxy) is 1. The van der Waals surface area contributed by atoms with Crippen molar-refractivity contribution in [2.45, 2.75) is 33.1 Å². The van der Waals surface area contributed by atoms with E-state index in [9.17, 15) is 19.2 Å². The van der Waals surface area contributed by atoms with Crippen molar-refractivity contribution in [3.8, 4) is 5.75 Å². The average molecular weight is 493 g/mol. The third-order valence-electron chi connectivity index (χ3n) is 7.12. The molecule has 0 unspecified atom stereocenters. The standard InChI is InChI=1S/C27H25ClN2O5/c1-15-12-18(10-11-22(15)30-25(32)19-6-3-4-7-20(19)26(30)33)35-27(34)17-13-24(31)29(14-17)23-9-5-8-21(28)16(23)2/h3-5,8-12,17,19-20H,6-7,13-14H2,1-2H3/t17-,19-,20-/m1/s1. The van der Waals surface area contributed by atoms with Crippen LogP contribution in [-0.4, -0.2) is 30.2 Å². The van der Waals surface area contributed by atoms with E-state index in [0.29, 0.717) is 40.6 Å². The molecule has 7 nitrogen and oxygen atoms in total. The third kappa shape index (κ3) is 4.04. The van der Waals surface area contributed by atoms with Gasteiger partial charge >= 0.3 is 5.97 Å². The van der Waals surface area contributed by atoms with Crippen LogP contribution in [0.5, 0.6) is 5.75 Å². The minimum Gasteiger partial charge on any atom is -0.426 e. The summed E-state index contributed by atoms with van der Waals surface area (Å²) < 4.78 is 5.59. The van der Waals surface area contributed by atoms with Crippen LogP contribution >= 0.6 is 11.6 Å². The van der Waals surface area contributed by atoms with Gasteiger partial charge < -0.3 is 9.64 Å². The minimum atomic E-state index is -0.613. The van der Waals surface area contributed by atoms with E-state index in [4.69, 9.17) is 16.3 Å². The Morgan fingerprint density at radius 1 is 0.971 bits per heavy atom. The van der Waals surface area contributed by atoms with Crippen molar-refractivity contribution in [2.24, 2.45) is 17.8 Å². The summed E-state index contributed by atoms with van der Waals surface area (Å²) in [6, 6.07) is 10.2. The first-order chi connectivity index (χ1) is 16.8. The molecular weight excluding hydrogens is 468 g/mol. The van der Waals surface area contributed by atoms with Crippen LogP contribution in [0.1, 0.15) is 30.4 Å². The van der Waals surface area contributed by atoms with E-state index in [0.717, 1.165) is 5.56 Å². The molecule has 5 rings (SSSR count). The van der Waals surface area contributed by atoms with Crippen molar-refractivity contribution in [1.82, 2.24) is 0 Å². The number of esters is 1. The normalized spacial score (nSPS) is 23.7. The molecule has 2 saturated heterocycles. The maximum absolute atomic E-state index is 12.9. The molecule has 2 heterocycles. The van der Waals surface area contributed by atoms with Gasteiger partial charge in [-0.3, -0.25) is 19.2 Å². The molecule has 0 saturated carbocycles. The number of rotatable bonds is 4. The number of anilines is 2. The van der Waals surface area contributed by atoms with Crippen LogP contribution in [0.2, 0.25) is 5.02 Å². The molecule has 3 aliphatic rings. The van der Waals surface area contributed by atoms with Crippen LogP contribution in [0, 0.1) is 31.6 Å². The van der Waals surface area contributed by atoms with E-state index in [1.165, 1.54) is 4.90 Å². The first-order valence-corrected chi connectivity index (χ1v) is 12.0. The van der Waals surface area contributed by atoms with Crippen molar-refractivity contribution < 1.29 is 23.9 Å².